The topological polar surface area (TPSA) is 139 Å². The fraction of sp³-hybridized carbons (Fsp3) is 0.250. The van der Waals surface area contributed by atoms with Crippen LogP contribution in [-0.4, -0.2) is 53.4 Å². The molecule has 3 aromatic rings. The van der Waals surface area contributed by atoms with Crippen LogP contribution in [-0.2, 0) is 23.2 Å². The molecule has 1 aromatic carbocycles. The number of nitrogens with zero attached hydrogens (tertiary/aromatic N) is 7. The highest BCUT2D eigenvalue weighted by molar-refractivity contribution is 6.05. The van der Waals surface area contributed by atoms with E-state index in [9.17, 15) is 19.6 Å². The second-order valence-corrected chi connectivity index (χ2v) is 7.47. The Labute approximate surface area is 175 Å². The Bertz CT molecular complexity index is 1300. The predicted molar refractivity (Wildman–Crippen MR) is 104 cm³/mol. The van der Waals surface area contributed by atoms with Gasteiger partial charge < -0.3 is 4.90 Å². The number of hydrogen-bond acceptors (Lipinski definition) is 7. The van der Waals surface area contributed by atoms with Gasteiger partial charge in [-0.15, -0.1) is 5.10 Å². The first kappa shape index (κ1) is 18.7. The number of hydrogen-bond donors (Lipinski definition) is 1. The minimum atomic E-state index is -0.658. The van der Waals surface area contributed by atoms with Crippen LogP contribution in [0.5, 0.6) is 0 Å². The molecule has 1 atom stereocenters. The molecule has 0 aliphatic carbocycles. The fourth-order valence-electron chi connectivity index (χ4n) is 3.96. The number of aromatic nitrogens is 5. The average Bonchev–Trinajstić information content (AvgIpc) is 3.45. The number of piperidine rings is 1. The van der Waals surface area contributed by atoms with Crippen LogP contribution in [0.1, 0.15) is 34.5 Å². The van der Waals surface area contributed by atoms with Crippen LogP contribution in [0.25, 0.3) is 16.9 Å². The summed E-state index contributed by atoms with van der Waals surface area (Å²) in [4.78, 5) is 38.1. The number of amides is 3. The number of carbonyl (C=O) groups is 3. The summed E-state index contributed by atoms with van der Waals surface area (Å²) in [6.45, 7) is 0.310. The van der Waals surface area contributed by atoms with Gasteiger partial charge in [0.25, 0.3) is 5.91 Å². The molecular weight excluding hydrogens is 400 g/mol. The zero-order valence-electron chi connectivity index (χ0n) is 16.4. The number of rotatable bonds is 3. The summed E-state index contributed by atoms with van der Waals surface area (Å²) in [6, 6.07) is 6.71. The van der Waals surface area contributed by atoms with Crippen molar-refractivity contribution in [3.8, 4) is 23.0 Å². The van der Waals surface area contributed by atoms with Crippen LogP contribution >= 0.6 is 0 Å². The van der Waals surface area contributed by atoms with Gasteiger partial charge in [0.05, 0.1) is 17.4 Å². The van der Waals surface area contributed by atoms with E-state index in [1.807, 2.05) is 18.2 Å². The molecule has 1 fully saturated rings. The van der Waals surface area contributed by atoms with Crippen LogP contribution in [0.2, 0.25) is 0 Å². The van der Waals surface area contributed by atoms with Crippen molar-refractivity contribution in [2.75, 3.05) is 0 Å². The Morgan fingerprint density at radius 2 is 2.03 bits per heavy atom. The quantitative estimate of drug-likeness (QED) is 0.606. The number of aryl methyl sites for hydroxylation is 1. The second-order valence-electron chi connectivity index (χ2n) is 7.47. The Morgan fingerprint density at radius 3 is 2.81 bits per heavy atom. The lowest BCUT2D eigenvalue weighted by Crippen LogP contribution is -2.52. The fourth-order valence-corrected chi connectivity index (χ4v) is 3.96. The van der Waals surface area contributed by atoms with Gasteiger partial charge in [0.1, 0.15) is 17.8 Å². The smallest absolute Gasteiger partial charge is 0.255 e. The molecule has 3 amide bonds. The summed E-state index contributed by atoms with van der Waals surface area (Å²) >= 11 is 0. The molecule has 11 heteroatoms. The Kier molecular flexibility index (Phi) is 4.14. The first-order valence-electron chi connectivity index (χ1n) is 9.59. The van der Waals surface area contributed by atoms with Crippen molar-refractivity contribution in [1.82, 2.24) is 35.0 Å². The van der Waals surface area contributed by atoms with Gasteiger partial charge in [-0.1, -0.05) is 11.3 Å². The number of imide groups is 1. The molecule has 1 unspecified atom stereocenters. The SMILES string of the molecule is Cn1cc(-c2cn(-c3ccc4c(c3)C(=O)N(C3CCC(=O)NC3=O)C4)nn2)c(C#N)n1. The lowest BCUT2D eigenvalue weighted by molar-refractivity contribution is -0.136. The van der Waals surface area contributed by atoms with Crippen LogP contribution < -0.4 is 5.32 Å². The highest BCUT2D eigenvalue weighted by Gasteiger charge is 2.39. The van der Waals surface area contributed by atoms with E-state index >= 15 is 0 Å². The second kappa shape index (κ2) is 6.88. The third-order valence-electron chi connectivity index (χ3n) is 5.48. The number of nitriles is 1. The van der Waals surface area contributed by atoms with Crippen LogP contribution in [0, 0.1) is 11.3 Å². The molecule has 2 aromatic heterocycles. The Balaban J connectivity index is 1.43. The minimum Gasteiger partial charge on any atom is -0.322 e. The van der Waals surface area contributed by atoms with Crippen molar-refractivity contribution in [2.45, 2.75) is 25.4 Å². The van der Waals surface area contributed by atoms with E-state index < -0.39 is 11.9 Å². The predicted octanol–water partition coefficient (Wildman–Crippen LogP) is 0.300. The van der Waals surface area contributed by atoms with Gasteiger partial charge in [-0.05, 0) is 24.1 Å². The molecular formula is C20H16N8O3. The number of nitrogens with one attached hydrogen (secondary N) is 1. The Morgan fingerprint density at radius 1 is 1.19 bits per heavy atom. The summed E-state index contributed by atoms with van der Waals surface area (Å²) in [6.07, 6.45) is 3.88. The first-order chi connectivity index (χ1) is 14.9. The third-order valence-corrected chi connectivity index (χ3v) is 5.48. The van der Waals surface area contributed by atoms with E-state index in [2.05, 4.69) is 20.7 Å². The molecule has 31 heavy (non-hydrogen) atoms. The molecule has 11 nitrogen and oxygen atoms in total. The summed E-state index contributed by atoms with van der Waals surface area (Å²) in [5.74, 6) is -1.02. The van der Waals surface area contributed by atoms with E-state index in [1.54, 1.807) is 25.5 Å². The van der Waals surface area contributed by atoms with Gasteiger partial charge in [0.2, 0.25) is 11.8 Å². The zero-order chi connectivity index (χ0) is 21.7. The molecule has 2 aliphatic heterocycles. The monoisotopic (exact) mass is 416 g/mol. The summed E-state index contributed by atoms with van der Waals surface area (Å²) in [5, 5.41) is 23.9. The van der Waals surface area contributed by atoms with Crippen molar-refractivity contribution in [3.05, 3.63) is 47.4 Å². The molecule has 2 aliphatic rings. The van der Waals surface area contributed by atoms with Gasteiger partial charge >= 0.3 is 0 Å². The Hall–Kier alpha value is -4.33. The maximum Gasteiger partial charge on any atom is 0.255 e. The maximum absolute atomic E-state index is 13.0. The summed E-state index contributed by atoms with van der Waals surface area (Å²) in [7, 11) is 1.72. The largest absolute Gasteiger partial charge is 0.322 e. The molecule has 0 spiro atoms. The molecule has 0 radical (unpaired) electrons. The molecule has 4 heterocycles. The number of carbonyl (C=O) groups excluding carboxylic acids is 3. The highest BCUT2D eigenvalue weighted by Crippen LogP contribution is 2.29. The number of benzene rings is 1. The van der Waals surface area contributed by atoms with E-state index in [4.69, 9.17) is 0 Å². The first-order valence-corrected chi connectivity index (χ1v) is 9.59. The number of fused-ring (bicyclic) bond motifs is 1. The van der Waals surface area contributed by atoms with Gasteiger partial charge in [-0.3, -0.25) is 24.4 Å². The van der Waals surface area contributed by atoms with Crippen molar-refractivity contribution in [3.63, 3.8) is 0 Å². The van der Waals surface area contributed by atoms with Gasteiger partial charge in [-0.2, -0.15) is 10.4 Å². The van der Waals surface area contributed by atoms with E-state index in [-0.39, 0.29) is 23.9 Å². The van der Waals surface area contributed by atoms with Crippen LogP contribution in [0.3, 0.4) is 0 Å². The zero-order valence-corrected chi connectivity index (χ0v) is 16.4. The van der Waals surface area contributed by atoms with Crippen LogP contribution in [0.4, 0.5) is 0 Å². The maximum atomic E-state index is 13.0. The highest BCUT2D eigenvalue weighted by atomic mass is 16.2. The van der Waals surface area contributed by atoms with E-state index in [1.165, 1.54) is 14.3 Å². The van der Waals surface area contributed by atoms with Crippen molar-refractivity contribution in [2.24, 2.45) is 7.05 Å². The average molecular weight is 416 g/mol. The normalized spacial score (nSPS) is 18.1. The molecule has 5 rings (SSSR count). The van der Waals surface area contributed by atoms with E-state index in [0.29, 0.717) is 35.5 Å². The van der Waals surface area contributed by atoms with Gasteiger partial charge in [-0.25, -0.2) is 4.68 Å². The molecule has 0 saturated carbocycles. The molecule has 1 N–H and O–H groups in total. The van der Waals surface area contributed by atoms with Crippen molar-refractivity contribution in [1.29, 1.82) is 5.26 Å². The van der Waals surface area contributed by atoms with E-state index in [0.717, 1.165) is 5.56 Å². The van der Waals surface area contributed by atoms with Gasteiger partial charge in [0.15, 0.2) is 5.69 Å². The molecule has 154 valence electrons. The third kappa shape index (κ3) is 3.05. The molecule has 0 bridgehead atoms. The van der Waals surface area contributed by atoms with Gasteiger partial charge in [0, 0.05) is 31.8 Å². The summed E-state index contributed by atoms with van der Waals surface area (Å²) < 4.78 is 3.05. The molecule has 1 saturated heterocycles. The summed E-state index contributed by atoms with van der Waals surface area (Å²) in [5.41, 5.74) is 3.22. The standard InChI is InChI=1S/C20H16N8O3/c1-26-9-14(15(7-21)24-26)16-10-28(25-23-16)12-3-2-11-8-27(20(31)13(11)6-12)17-4-5-18(29)22-19(17)30/h2-3,6,9-10,17H,4-5,8H2,1H3,(H,22,29,30). The lowest BCUT2D eigenvalue weighted by Gasteiger charge is -2.29. The minimum absolute atomic E-state index is 0.211. The van der Waals surface area contributed by atoms with Crippen LogP contribution in [0.15, 0.2) is 30.6 Å². The van der Waals surface area contributed by atoms with Crippen molar-refractivity contribution >= 4 is 17.7 Å². The van der Waals surface area contributed by atoms with Crippen molar-refractivity contribution < 1.29 is 14.4 Å². The lowest BCUT2D eigenvalue weighted by atomic mass is 10.0.